The fraction of sp³-hybridized carbons (Fsp3) is 0.612. The highest BCUT2D eigenvalue weighted by atomic mass is 32.1. The minimum absolute atomic E-state index is 0.161. The fourth-order valence-corrected chi connectivity index (χ4v) is 11.3. The van der Waals surface area contributed by atoms with E-state index < -0.39 is 29.6 Å². The van der Waals surface area contributed by atoms with Crippen LogP contribution in [0.1, 0.15) is 96.7 Å². The molecule has 4 aromatic rings. The minimum atomic E-state index is -1.08. The molecule has 1 saturated carbocycles. The van der Waals surface area contributed by atoms with E-state index in [1.165, 1.54) is 16.3 Å². The van der Waals surface area contributed by atoms with E-state index in [0.717, 1.165) is 76.5 Å². The summed E-state index contributed by atoms with van der Waals surface area (Å²) in [5.74, 6) is -0.371. The highest BCUT2D eigenvalue weighted by Gasteiger charge is 2.54. The van der Waals surface area contributed by atoms with E-state index in [1.54, 1.807) is 7.11 Å². The molecule has 15 heteroatoms. The number of fused-ring (bicyclic) bond motifs is 6. The zero-order valence-corrected chi connectivity index (χ0v) is 40.2. The van der Waals surface area contributed by atoms with Gasteiger partial charge in [0, 0.05) is 91.7 Å². The average Bonchev–Trinajstić information content (AvgIpc) is 3.58. The molecule has 7 atom stereocenters. The number of hydrazine groups is 1. The van der Waals surface area contributed by atoms with E-state index in [4.69, 9.17) is 24.2 Å². The van der Waals surface area contributed by atoms with Crippen molar-refractivity contribution in [2.24, 2.45) is 29.1 Å². The summed E-state index contributed by atoms with van der Waals surface area (Å²) in [6.07, 6.45) is 2.54. The molecule has 3 fully saturated rings. The van der Waals surface area contributed by atoms with Crippen LogP contribution in [-0.4, -0.2) is 114 Å². The third-order valence-corrected chi connectivity index (χ3v) is 14.9. The van der Waals surface area contributed by atoms with Crippen molar-refractivity contribution in [2.45, 2.75) is 105 Å². The summed E-state index contributed by atoms with van der Waals surface area (Å²) < 4.78 is 21.0. The third-order valence-electron chi connectivity index (χ3n) is 14.0. The van der Waals surface area contributed by atoms with Gasteiger partial charge in [0.05, 0.1) is 41.7 Å². The second kappa shape index (κ2) is 18.8. The smallest absolute Gasteiger partial charge is 0.324 e. The molecule has 2 saturated heterocycles. The lowest BCUT2D eigenvalue weighted by atomic mass is 9.84. The second-order valence-electron chi connectivity index (χ2n) is 19.5. The lowest BCUT2D eigenvalue weighted by Gasteiger charge is -2.37. The first-order chi connectivity index (χ1) is 30.6. The number of pyridine rings is 1. The van der Waals surface area contributed by atoms with Gasteiger partial charge >= 0.3 is 5.97 Å². The topological polar surface area (TPSA) is 143 Å². The zero-order chi connectivity index (χ0) is 45.6. The van der Waals surface area contributed by atoms with Crippen molar-refractivity contribution in [1.29, 1.82) is 0 Å². The molecular formula is C49H68N8O6S. The molecule has 0 radical (unpaired) electrons. The number of aromatic nitrogens is 3. The van der Waals surface area contributed by atoms with Gasteiger partial charge in [-0.1, -0.05) is 40.7 Å². The van der Waals surface area contributed by atoms with E-state index in [1.807, 2.05) is 25.4 Å². The molecule has 3 aromatic heterocycles. The van der Waals surface area contributed by atoms with Crippen LogP contribution in [0.15, 0.2) is 35.8 Å². The normalized spacial score (nSPS) is 25.9. The van der Waals surface area contributed by atoms with Gasteiger partial charge in [-0.25, -0.2) is 10.4 Å². The molecule has 1 aromatic carbocycles. The number of carbonyl (C=O) groups excluding carboxylic acids is 3. The number of nitrogens with one attached hydrogen (secondary N) is 2. The molecular weight excluding hydrogens is 829 g/mol. The number of thiazole rings is 1. The predicted octanol–water partition coefficient (Wildman–Crippen LogP) is 7.03. The van der Waals surface area contributed by atoms with Crippen LogP contribution in [0.4, 0.5) is 5.69 Å². The molecule has 14 nitrogen and oxygen atoms in total. The second-order valence-corrected chi connectivity index (χ2v) is 20.4. The van der Waals surface area contributed by atoms with Crippen LogP contribution in [0.5, 0.6) is 0 Å². The van der Waals surface area contributed by atoms with Crippen molar-refractivity contribution in [1.82, 2.24) is 35.2 Å². The quantitative estimate of drug-likeness (QED) is 0.159. The van der Waals surface area contributed by atoms with Crippen molar-refractivity contribution >= 4 is 45.7 Å². The van der Waals surface area contributed by atoms with Crippen molar-refractivity contribution in [2.75, 3.05) is 65.0 Å². The monoisotopic (exact) mass is 896 g/mol. The Morgan fingerprint density at radius 3 is 2.55 bits per heavy atom. The highest BCUT2D eigenvalue weighted by molar-refractivity contribution is 7.10. The Hall–Kier alpha value is -4.41. The summed E-state index contributed by atoms with van der Waals surface area (Å²) >= 11 is 1.42. The lowest BCUT2D eigenvalue weighted by Crippen LogP contribution is -2.61. The van der Waals surface area contributed by atoms with Crippen molar-refractivity contribution < 1.29 is 28.6 Å². The Labute approximate surface area is 382 Å². The van der Waals surface area contributed by atoms with E-state index in [2.05, 4.69) is 98.0 Å². The van der Waals surface area contributed by atoms with Crippen LogP contribution in [0.2, 0.25) is 0 Å². The summed E-state index contributed by atoms with van der Waals surface area (Å²) in [6, 6.07) is 6.99. The maximum absolute atomic E-state index is 14.7. The molecule has 6 heterocycles. The number of rotatable bonds is 10. The van der Waals surface area contributed by atoms with Crippen LogP contribution in [0, 0.1) is 29.1 Å². The molecule has 0 spiro atoms. The summed E-state index contributed by atoms with van der Waals surface area (Å²) in [4.78, 5) is 57.9. The fourth-order valence-electron chi connectivity index (χ4n) is 10.4. The number of hydrogen-bond donors (Lipinski definition) is 2. The van der Waals surface area contributed by atoms with Crippen LogP contribution >= 0.6 is 11.3 Å². The van der Waals surface area contributed by atoms with Crippen molar-refractivity contribution in [3.8, 4) is 22.5 Å². The third kappa shape index (κ3) is 9.07. The molecule has 1 unspecified atom stereocenters. The maximum atomic E-state index is 14.7. The van der Waals surface area contributed by atoms with Gasteiger partial charge in [0.25, 0.3) is 5.91 Å². The average molecular weight is 897 g/mol. The first-order valence-electron chi connectivity index (χ1n) is 23.4. The molecule has 1 aliphatic carbocycles. The Kier molecular flexibility index (Phi) is 13.6. The Balaban J connectivity index is 1.28. The molecule has 64 heavy (non-hydrogen) atoms. The SMILES string of the molecule is CCO[C@@H]1c2nc(cs2)-c2ccc3c(c2)c(c(-c2cc(N4CCN(C)CC4)cnc2[C@H](C)OC)n3CC)CC(C)(C)COC(=O)[C@@H]2CCCN(N2)C(=O)[C@H]1NC(=O)C1[C@@H](C(C)C)[C@H]1C. The van der Waals surface area contributed by atoms with Gasteiger partial charge < -0.3 is 33.9 Å². The number of ether oxygens (including phenoxy) is 3. The van der Waals surface area contributed by atoms with Gasteiger partial charge in [0.15, 0.2) is 0 Å². The number of nitrogens with zero attached hydrogens (tertiary/aromatic N) is 6. The van der Waals surface area contributed by atoms with Gasteiger partial charge in [0.2, 0.25) is 5.91 Å². The first-order valence-corrected chi connectivity index (χ1v) is 24.3. The number of piperazine rings is 1. The standard InChI is InChI=1S/C49H68N8O6S/c1-11-56-38-16-15-31-22-33(38)35(43(56)34-23-32(25-50-41(34)30(6)61-10)55-20-18-54(9)19-21-55)24-49(7,8)27-63-48(60)36-14-13-17-57(53-36)47(59)42(44(62-12-2)46-51-37(31)26-64-46)52-45(58)40-29(5)39(40)28(3)4/h15-16,22-23,25-26,28-30,36,39-40,42,44,53H,11-14,17-21,24,27H2,1-10H3,(H,52,58)/t29-,30+,36+,39+,40?,42+,44+/m1/s1. The number of anilines is 1. The number of cyclic esters (lactones) is 1. The van der Waals surface area contributed by atoms with E-state index in [0.29, 0.717) is 49.9 Å². The maximum Gasteiger partial charge on any atom is 0.324 e. The molecule has 6 bridgehead atoms. The van der Waals surface area contributed by atoms with E-state index in [-0.39, 0.29) is 42.3 Å². The first kappa shape index (κ1) is 46.1. The van der Waals surface area contributed by atoms with E-state index in [9.17, 15) is 14.4 Å². The molecule has 2 amide bonds. The number of hydrogen-bond acceptors (Lipinski definition) is 12. The van der Waals surface area contributed by atoms with Crippen LogP contribution in [-0.2, 0) is 41.6 Å². The number of methoxy groups -OCH3 is 1. The molecule has 346 valence electrons. The number of aryl methyl sites for hydroxylation is 1. The van der Waals surface area contributed by atoms with Crippen LogP contribution < -0.4 is 15.6 Å². The lowest BCUT2D eigenvalue weighted by molar-refractivity contribution is -0.156. The summed E-state index contributed by atoms with van der Waals surface area (Å²) in [7, 11) is 3.89. The minimum Gasteiger partial charge on any atom is -0.464 e. The van der Waals surface area contributed by atoms with Gasteiger partial charge in [-0.05, 0) is 88.6 Å². The molecule has 8 rings (SSSR count). The summed E-state index contributed by atoms with van der Waals surface area (Å²) in [6.45, 7) is 22.1. The summed E-state index contributed by atoms with van der Waals surface area (Å²) in [5, 5.41) is 8.32. The number of benzene rings is 1. The molecule has 3 aliphatic heterocycles. The largest absolute Gasteiger partial charge is 0.464 e. The zero-order valence-electron chi connectivity index (χ0n) is 39.4. The number of carbonyl (C=O) groups is 3. The van der Waals surface area contributed by atoms with Crippen LogP contribution in [0.25, 0.3) is 33.4 Å². The molecule has 4 aliphatic rings. The van der Waals surface area contributed by atoms with Gasteiger partial charge in [-0.3, -0.25) is 24.4 Å². The molecule has 2 N–H and O–H groups in total. The van der Waals surface area contributed by atoms with Gasteiger partial charge in [-0.2, -0.15) is 0 Å². The number of likely N-dealkylation sites (N-methyl/N-ethyl adjacent to an activating group) is 1. The van der Waals surface area contributed by atoms with Crippen molar-refractivity contribution in [3.63, 3.8) is 0 Å². The van der Waals surface area contributed by atoms with E-state index >= 15 is 0 Å². The highest BCUT2D eigenvalue weighted by Crippen LogP contribution is 2.51. The number of amides is 2. The Morgan fingerprint density at radius 2 is 1.86 bits per heavy atom. The van der Waals surface area contributed by atoms with Crippen LogP contribution in [0.3, 0.4) is 0 Å². The predicted molar refractivity (Wildman–Crippen MR) is 251 cm³/mol. The Morgan fingerprint density at radius 1 is 1.09 bits per heavy atom. The summed E-state index contributed by atoms with van der Waals surface area (Å²) in [5.41, 5.74) is 10.6. The van der Waals surface area contributed by atoms with Gasteiger partial charge in [0.1, 0.15) is 23.2 Å². The Bertz CT molecular complexity index is 2350. The van der Waals surface area contributed by atoms with Crippen molar-refractivity contribution in [3.05, 3.63) is 52.1 Å². The van der Waals surface area contributed by atoms with Gasteiger partial charge in [-0.15, -0.1) is 11.3 Å². The number of esters is 1.